The van der Waals surface area contributed by atoms with Crippen LogP contribution in [0.2, 0.25) is 0 Å². The van der Waals surface area contributed by atoms with Crippen LogP contribution in [0.4, 0.5) is 5.82 Å². The number of fused-ring (bicyclic) bond motifs is 1. The Balaban J connectivity index is 1.87. The first-order valence-electron chi connectivity index (χ1n) is 8.44. The summed E-state index contributed by atoms with van der Waals surface area (Å²) in [6.45, 7) is 1.26. The number of nitrogens with one attached hydrogen (secondary N) is 2. The number of aryl methyl sites for hydroxylation is 2. The number of H-pyrrole nitrogens is 1. The van der Waals surface area contributed by atoms with Crippen molar-refractivity contribution in [2.75, 3.05) is 18.9 Å². The molecule has 0 spiro atoms. The first-order chi connectivity index (χ1) is 13.6. The molecule has 0 aliphatic carbocycles. The maximum Gasteiger partial charge on any atom is 0.255 e. The minimum Gasteiger partial charge on any atom is -0.345 e. The van der Waals surface area contributed by atoms with E-state index in [1.165, 1.54) is 31.1 Å². The van der Waals surface area contributed by atoms with Crippen molar-refractivity contribution in [1.29, 1.82) is 5.26 Å². The smallest absolute Gasteiger partial charge is 0.255 e. The number of carbonyl (C=O) groups is 1. The molecule has 0 bridgehead atoms. The molecular weight excluding hydrogens is 396 g/mol. The number of sulfonamides is 1. The standard InChI is InChI=1S/C18H18N6O4S/c1-11-4-12-6-13(8-19)21-18(12)14(5-11)29(27,28)24(3)9-16(25)22-15-7-17(26)23(2)10-20-15/h4-7,10,21H,9H2,1-3H3,(H,22,25). The Morgan fingerprint density at radius 1 is 1.34 bits per heavy atom. The molecule has 0 aliphatic rings. The lowest BCUT2D eigenvalue weighted by atomic mass is 10.2. The first kappa shape index (κ1) is 20.2. The van der Waals surface area contributed by atoms with Gasteiger partial charge in [-0.1, -0.05) is 0 Å². The van der Waals surface area contributed by atoms with Crippen LogP contribution in [0, 0.1) is 18.3 Å². The quantitative estimate of drug-likeness (QED) is 0.630. The topological polar surface area (TPSA) is 141 Å². The zero-order valence-corrected chi connectivity index (χ0v) is 16.7. The summed E-state index contributed by atoms with van der Waals surface area (Å²) in [6, 6.07) is 7.89. The van der Waals surface area contributed by atoms with E-state index in [-0.39, 0.29) is 22.0 Å². The Hall–Kier alpha value is -3.49. The number of anilines is 1. The van der Waals surface area contributed by atoms with Crippen molar-refractivity contribution in [2.45, 2.75) is 11.8 Å². The molecular formula is C18H18N6O4S. The number of hydrogen-bond acceptors (Lipinski definition) is 6. The summed E-state index contributed by atoms with van der Waals surface area (Å²) in [6.07, 6.45) is 1.25. The van der Waals surface area contributed by atoms with Gasteiger partial charge in [0.1, 0.15) is 22.5 Å². The number of benzene rings is 1. The summed E-state index contributed by atoms with van der Waals surface area (Å²) in [4.78, 5) is 30.5. The molecule has 1 amide bonds. The monoisotopic (exact) mass is 414 g/mol. The Morgan fingerprint density at radius 2 is 2.07 bits per heavy atom. The number of aromatic amines is 1. The van der Waals surface area contributed by atoms with Crippen molar-refractivity contribution in [2.24, 2.45) is 7.05 Å². The van der Waals surface area contributed by atoms with E-state index in [1.54, 1.807) is 19.1 Å². The molecule has 10 nitrogen and oxygen atoms in total. The molecule has 0 radical (unpaired) electrons. The van der Waals surface area contributed by atoms with Crippen LogP contribution in [-0.2, 0) is 21.9 Å². The summed E-state index contributed by atoms with van der Waals surface area (Å²) in [5.74, 6) is -0.616. The van der Waals surface area contributed by atoms with E-state index in [1.807, 2.05) is 6.07 Å². The van der Waals surface area contributed by atoms with Crippen LogP contribution in [0.3, 0.4) is 0 Å². The molecule has 3 rings (SSSR count). The molecule has 1 aromatic carbocycles. The minimum absolute atomic E-state index is 0.0315. The predicted molar refractivity (Wildman–Crippen MR) is 106 cm³/mol. The normalized spacial score (nSPS) is 11.6. The van der Waals surface area contributed by atoms with Crippen LogP contribution in [-0.4, -0.2) is 46.8 Å². The van der Waals surface area contributed by atoms with E-state index in [4.69, 9.17) is 5.26 Å². The second-order valence-corrected chi connectivity index (χ2v) is 8.57. The van der Waals surface area contributed by atoms with Gasteiger partial charge in [-0.05, 0) is 30.7 Å². The Morgan fingerprint density at radius 3 is 2.72 bits per heavy atom. The molecule has 2 heterocycles. The third-order valence-corrected chi connectivity index (χ3v) is 6.08. The zero-order chi connectivity index (χ0) is 21.3. The lowest BCUT2D eigenvalue weighted by molar-refractivity contribution is -0.116. The maximum atomic E-state index is 13.1. The number of hydrogen-bond donors (Lipinski definition) is 2. The summed E-state index contributed by atoms with van der Waals surface area (Å²) >= 11 is 0. The summed E-state index contributed by atoms with van der Waals surface area (Å²) in [5.41, 5.74) is 0.868. The van der Waals surface area contributed by atoms with Crippen molar-refractivity contribution in [3.8, 4) is 6.07 Å². The highest BCUT2D eigenvalue weighted by Gasteiger charge is 2.26. The van der Waals surface area contributed by atoms with E-state index < -0.39 is 22.5 Å². The fourth-order valence-corrected chi connectivity index (χ4v) is 4.17. The predicted octanol–water partition coefficient (Wildman–Crippen LogP) is 0.701. The Kier molecular flexibility index (Phi) is 5.23. The van der Waals surface area contributed by atoms with E-state index in [0.29, 0.717) is 16.5 Å². The second-order valence-electron chi connectivity index (χ2n) is 6.55. The molecule has 3 aromatic rings. The number of nitrogens with zero attached hydrogens (tertiary/aromatic N) is 4. The molecule has 0 saturated carbocycles. The van der Waals surface area contributed by atoms with Gasteiger partial charge in [-0.25, -0.2) is 13.4 Å². The molecule has 0 atom stereocenters. The van der Waals surface area contributed by atoms with Gasteiger partial charge in [-0.3, -0.25) is 9.59 Å². The van der Waals surface area contributed by atoms with Gasteiger partial charge in [0.2, 0.25) is 15.9 Å². The molecule has 0 saturated heterocycles. The van der Waals surface area contributed by atoms with Crippen LogP contribution >= 0.6 is 0 Å². The number of likely N-dealkylation sites (N-methyl/N-ethyl adjacent to an activating group) is 1. The molecule has 0 fully saturated rings. The van der Waals surface area contributed by atoms with Gasteiger partial charge >= 0.3 is 0 Å². The number of aromatic nitrogens is 3. The van der Waals surface area contributed by atoms with Crippen LogP contribution in [0.5, 0.6) is 0 Å². The van der Waals surface area contributed by atoms with Crippen molar-refractivity contribution in [1.82, 2.24) is 18.8 Å². The Bertz CT molecular complexity index is 1320. The lowest BCUT2D eigenvalue weighted by Gasteiger charge is -2.17. The first-order valence-corrected chi connectivity index (χ1v) is 9.88. The molecule has 2 aromatic heterocycles. The van der Waals surface area contributed by atoms with Gasteiger partial charge in [-0.2, -0.15) is 9.57 Å². The molecule has 0 unspecified atom stereocenters. The van der Waals surface area contributed by atoms with E-state index in [2.05, 4.69) is 15.3 Å². The zero-order valence-electron chi connectivity index (χ0n) is 15.9. The molecule has 150 valence electrons. The third-order valence-electron chi connectivity index (χ3n) is 4.26. The maximum absolute atomic E-state index is 13.1. The van der Waals surface area contributed by atoms with E-state index in [0.717, 1.165) is 10.4 Å². The van der Waals surface area contributed by atoms with Gasteiger partial charge in [0.15, 0.2) is 0 Å². The summed E-state index contributed by atoms with van der Waals surface area (Å²) < 4.78 is 28.2. The molecule has 11 heteroatoms. The van der Waals surface area contributed by atoms with Gasteiger partial charge in [0.25, 0.3) is 5.56 Å². The van der Waals surface area contributed by atoms with Crippen LogP contribution < -0.4 is 10.9 Å². The fraction of sp³-hybridized carbons (Fsp3) is 0.222. The van der Waals surface area contributed by atoms with Crippen LogP contribution in [0.1, 0.15) is 11.3 Å². The number of amides is 1. The van der Waals surface area contributed by atoms with Crippen LogP contribution in [0.15, 0.2) is 40.3 Å². The van der Waals surface area contributed by atoms with Gasteiger partial charge < -0.3 is 14.9 Å². The second kappa shape index (κ2) is 7.50. The van der Waals surface area contributed by atoms with Gasteiger partial charge in [-0.15, -0.1) is 0 Å². The van der Waals surface area contributed by atoms with E-state index in [9.17, 15) is 18.0 Å². The fourth-order valence-electron chi connectivity index (χ4n) is 2.79. The highest BCUT2D eigenvalue weighted by Crippen LogP contribution is 2.27. The SMILES string of the molecule is Cc1cc(S(=O)(=O)N(C)CC(=O)Nc2cc(=O)n(C)cn2)c2[nH]c(C#N)cc2c1. The number of nitriles is 1. The third kappa shape index (κ3) is 4.03. The molecule has 29 heavy (non-hydrogen) atoms. The highest BCUT2D eigenvalue weighted by molar-refractivity contribution is 7.89. The van der Waals surface area contributed by atoms with Crippen LogP contribution in [0.25, 0.3) is 10.9 Å². The van der Waals surface area contributed by atoms with Gasteiger partial charge in [0, 0.05) is 25.5 Å². The lowest BCUT2D eigenvalue weighted by Crippen LogP contribution is -2.35. The largest absolute Gasteiger partial charge is 0.345 e. The van der Waals surface area contributed by atoms with Crippen molar-refractivity contribution < 1.29 is 13.2 Å². The van der Waals surface area contributed by atoms with Gasteiger partial charge in [0.05, 0.1) is 18.4 Å². The average molecular weight is 414 g/mol. The van der Waals surface area contributed by atoms with Crippen molar-refractivity contribution >= 4 is 32.7 Å². The number of carbonyl (C=O) groups excluding carboxylic acids is 1. The molecule has 2 N–H and O–H groups in total. The Labute approximate surface area is 166 Å². The number of rotatable bonds is 5. The highest BCUT2D eigenvalue weighted by atomic mass is 32.2. The average Bonchev–Trinajstić information content (AvgIpc) is 3.06. The summed E-state index contributed by atoms with van der Waals surface area (Å²) in [7, 11) is -1.25. The van der Waals surface area contributed by atoms with Crippen molar-refractivity contribution in [3.63, 3.8) is 0 Å². The summed E-state index contributed by atoms with van der Waals surface area (Å²) in [5, 5.41) is 12.1. The van der Waals surface area contributed by atoms with E-state index >= 15 is 0 Å². The van der Waals surface area contributed by atoms with Crippen molar-refractivity contribution in [3.05, 3.63) is 52.2 Å². The minimum atomic E-state index is -4.04. The molecule has 0 aliphatic heterocycles.